The van der Waals surface area contributed by atoms with Crippen molar-refractivity contribution in [3.05, 3.63) is 35.7 Å². The van der Waals surface area contributed by atoms with Gasteiger partial charge in [0.05, 0.1) is 18.4 Å². The summed E-state index contributed by atoms with van der Waals surface area (Å²) in [6.45, 7) is 4.66. The molecule has 2 aromatic rings. The van der Waals surface area contributed by atoms with Crippen LogP contribution in [0.3, 0.4) is 0 Å². The number of carbonyl (C=O) groups is 1. The molecule has 21 heavy (non-hydrogen) atoms. The Morgan fingerprint density at radius 3 is 2.81 bits per heavy atom. The highest BCUT2D eigenvalue weighted by molar-refractivity contribution is 5.88. The van der Waals surface area contributed by atoms with E-state index in [1.807, 2.05) is 19.9 Å². The van der Waals surface area contributed by atoms with E-state index in [0.29, 0.717) is 30.3 Å². The lowest BCUT2D eigenvalue weighted by atomic mass is 10.3. The lowest BCUT2D eigenvalue weighted by molar-refractivity contribution is 0.251. The molecular formula is C13H15N7O. The number of carbonyl (C=O) groups excluding carboxylic acids is 1. The van der Waals surface area contributed by atoms with Gasteiger partial charge in [0.2, 0.25) is 0 Å². The summed E-state index contributed by atoms with van der Waals surface area (Å²) < 4.78 is 1.74. The minimum Gasteiger partial charge on any atom is -0.336 e. The van der Waals surface area contributed by atoms with E-state index in [1.165, 1.54) is 12.3 Å². The minimum atomic E-state index is -0.337. The first kappa shape index (κ1) is 14.5. The molecule has 2 amide bonds. The van der Waals surface area contributed by atoms with Crippen LogP contribution in [0.15, 0.2) is 18.3 Å². The maximum atomic E-state index is 11.7. The molecule has 2 heterocycles. The van der Waals surface area contributed by atoms with Crippen molar-refractivity contribution in [1.82, 2.24) is 25.1 Å². The number of hydrogen-bond acceptors (Lipinski definition) is 5. The fourth-order valence-corrected chi connectivity index (χ4v) is 1.76. The normalized spacial score (nSPS) is 9.95. The van der Waals surface area contributed by atoms with E-state index in [4.69, 9.17) is 5.26 Å². The molecule has 0 bridgehead atoms. The molecule has 8 nitrogen and oxygen atoms in total. The standard InChI is InChI=1S/C13H15N7O/c1-9-17-10(2)20(19-9)6-5-15-13(21)18-12-4-3-11(7-14)16-8-12/h3-4,8H,5-6H2,1-2H3,(H2,15,18,21). The average Bonchev–Trinajstić information content (AvgIpc) is 2.78. The fourth-order valence-electron chi connectivity index (χ4n) is 1.76. The van der Waals surface area contributed by atoms with Crippen LogP contribution in [0.2, 0.25) is 0 Å². The molecule has 0 radical (unpaired) electrons. The van der Waals surface area contributed by atoms with Crippen molar-refractivity contribution in [2.45, 2.75) is 20.4 Å². The quantitative estimate of drug-likeness (QED) is 0.870. The van der Waals surface area contributed by atoms with Gasteiger partial charge in [-0.3, -0.25) is 0 Å². The van der Waals surface area contributed by atoms with Crippen molar-refractivity contribution in [1.29, 1.82) is 5.26 Å². The summed E-state index contributed by atoms with van der Waals surface area (Å²) in [5.41, 5.74) is 0.831. The zero-order valence-electron chi connectivity index (χ0n) is 11.8. The number of aromatic nitrogens is 4. The number of urea groups is 1. The van der Waals surface area contributed by atoms with Crippen LogP contribution in [0.5, 0.6) is 0 Å². The molecule has 8 heteroatoms. The molecule has 0 saturated heterocycles. The number of anilines is 1. The van der Waals surface area contributed by atoms with E-state index < -0.39 is 0 Å². The van der Waals surface area contributed by atoms with Gasteiger partial charge >= 0.3 is 6.03 Å². The number of hydrogen-bond donors (Lipinski definition) is 2. The second-order valence-corrected chi connectivity index (χ2v) is 4.35. The number of aryl methyl sites for hydroxylation is 2. The van der Waals surface area contributed by atoms with Crippen LogP contribution in [-0.4, -0.2) is 32.3 Å². The largest absolute Gasteiger partial charge is 0.336 e. The van der Waals surface area contributed by atoms with Crippen molar-refractivity contribution in [3.8, 4) is 6.07 Å². The van der Waals surface area contributed by atoms with Crippen LogP contribution in [-0.2, 0) is 6.54 Å². The van der Waals surface area contributed by atoms with Crippen molar-refractivity contribution < 1.29 is 4.79 Å². The Morgan fingerprint density at radius 1 is 1.43 bits per heavy atom. The third-order valence-corrected chi connectivity index (χ3v) is 2.71. The Morgan fingerprint density at radius 2 is 2.24 bits per heavy atom. The van der Waals surface area contributed by atoms with Gasteiger partial charge in [-0.25, -0.2) is 19.4 Å². The zero-order chi connectivity index (χ0) is 15.2. The van der Waals surface area contributed by atoms with E-state index in [-0.39, 0.29) is 6.03 Å². The molecule has 0 spiro atoms. The minimum absolute atomic E-state index is 0.304. The number of nitriles is 1. The second kappa shape index (κ2) is 6.47. The summed E-state index contributed by atoms with van der Waals surface area (Å²) in [6, 6.07) is 4.74. The Bertz CT molecular complexity index is 669. The molecule has 0 aromatic carbocycles. The van der Waals surface area contributed by atoms with Crippen molar-refractivity contribution in [3.63, 3.8) is 0 Å². The Kier molecular flexibility index (Phi) is 4.46. The summed E-state index contributed by atoms with van der Waals surface area (Å²) in [6.07, 6.45) is 1.43. The van der Waals surface area contributed by atoms with Crippen LogP contribution < -0.4 is 10.6 Å². The monoisotopic (exact) mass is 285 g/mol. The predicted octanol–water partition coefficient (Wildman–Crippen LogP) is 0.983. The molecule has 0 aliphatic heterocycles. The van der Waals surface area contributed by atoms with Gasteiger partial charge in [-0.2, -0.15) is 10.4 Å². The zero-order valence-corrected chi connectivity index (χ0v) is 11.8. The summed E-state index contributed by atoms with van der Waals surface area (Å²) in [4.78, 5) is 19.7. The van der Waals surface area contributed by atoms with Crippen LogP contribution in [0.25, 0.3) is 0 Å². The Balaban J connectivity index is 1.79. The summed E-state index contributed by atoms with van der Waals surface area (Å²) in [7, 11) is 0. The summed E-state index contributed by atoms with van der Waals surface area (Å²) >= 11 is 0. The highest BCUT2D eigenvalue weighted by atomic mass is 16.2. The van der Waals surface area contributed by atoms with Gasteiger partial charge in [-0.05, 0) is 26.0 Å². The third-order valence-electron chi connectivity index (χ3n) is 2.71. The van der Waals surface area contributed by atoms with Gasteiger partial charge < -0.3 is 10.6 Å². The van der Waals surface area contributed by atoms with Crippen molar-refractivity contribution in [2.75, 3.05) is 11.9 Å². The molecule has 0 saturated carbocycles. The molecule has 108 valence electrons. The topological polar surface area (TPSA) is 109 Å². The number of nitrogens with zero attached hydrogens (tertiary/aromatic N) is 5. The maximum absolute atomic E-state index is 11.7. The molecule has 0 atom stereocenters. The molecule has 0 unspecified atom stereocenters. The highest BCUT2D eigenvalue weighted by Gasteiger charge is 2.04. The number of pyridine rings is 1. The van der Waals surface area contributed by atoms with Crippen molar-refractivity contribution >= 4 is 11.7 Å². The molecular weight excluding hydrogens is 270 g/mol. The summed E-state index contributed by atoms with van der Waals surface area (Å²) in [5.74, 6) is 1.52. The first-order valence-electron chi connectivity index (χ1n) is 6.37. The Hall–Kier alpha value is -2.95. The first-order valence-corrected chi connectivity index (χ1v) is 6.37. The molecule has 0 aliphatic carbocycles. The maximum Gasteiger partial charge on any atom is 0.319 e. The van der Waals surface area contributed by atoms with Gasteiger partial charge in [0, 0.05) is 6.54 Å². The molecule has 2 aromatic heterocycles. The highest BCUT2D eigenvalue weighted by Crippen LogP contribution is 2.04. The molecule has 0 aliphatic rings. The average molecular weight is 285 g/mol. The smallest absolute Gasteiger partial charge is 0.319 e. The lowest BCUT2D eigenvalue weighted by Crippen LogP contribution is -2.31. The van der Waals surface area contributed by atoms with Gasteiger partial charge in [-0.15, -0.1) is 0 Å². The molecule has 2 N–H and O–H groups in total. The molecule has 2 rings (SSSR count). The number of rotatable bonds is 4. The number of amides is 2. The van der Waals surface area contributed by atoms with Crippen LogP contribution >= 0.6 is 0 Å². The van der Waals surface area contributed by atoms with E-state index in [2.05, 4.69) is 25.7 Å². The number of nitrogens with one attached hydrogen (secondary N) is 2. The van der Waals surface area contributed by atoms with E-state index >= 15 is 0 Å². The predicted molar refractivity (Wildman–Crippen MR) is 75.5 cm³/mol. The van der Waals surface area contributed by atoms with Gasteiger partial charge in [0.1, 0.15) is 23.4 Å². The van der Waals surface area contributed by atoms with Crippen LogP contribution in [0.1, 0.15) is 17.3 Å². The lowest BCUT2D eigenvalue weighted by Gasteiger charge is -2.07. The Labute approximate surface area is 121 Å². The third kappa shape index (κ3) is 4.01. The van der Waals surface area contributed by atoms with Crippen LogP contribution in [0.4, 0.5) is 10.5 Å². The van der Waals surface area contributed by atoms with Crippen molar-refractivity contribution in [2.24, 2.45) is 0 Å². The van der Waals surface area contributed by atoms with E-state index in [0.717, 1.165) is 5.82 Å². The van der Waals surface area contributed by atoms with E-state index in [9.17, 15) is 4.79 Å². The van der Waals surface area contributed by atoms with Gasteiger partial charge in [-0.1, -0.05) is 0 Å². The molecule has 0 fully saturated rings. The second-order valence-electron chi connectivity index (χ2n) is 4.35. The SMILES string of the molecule is Cc1nc(C)n(CCNC(=O)Nc2ccc(C#N)nc2)n1. The van der Waals surface area contributed by atoms with Gasteiger partial charge in [0.25, 0.3) is 0 Å². The first-order chi connectivity index (χ1) is 10.1. The fraction of sp³-hybridized carbons (Fsp3) is 0.308. The summed E-state index contributed by atoms with van der Waals surface area (Å²) in [5, 5.41) is 18.2. The van der Waals surface area contributed by atoms with E-state index in [1.54, 1.807) is 10.7 Å². The van der Waals surface area contributed by atoms with Crippen LogP contribution in [0, 0.1) is 25.2 Å². The van der Waals surface area contributed by atoms with Gasteiger partial charge in [0.15, 0.2) is 0 Å².